The van der Waals surface area contributed by atoms with Gasteiger partial charge in [-0.25, -0.2) is 0 Å². The molecular formula is C22H29N3O5. The van der Waals surface area contributed by atoms with Gasteiger partial charge in [-0.3, -0.25) is 19.9 Å². The summed E-state index contributed by atoms with van der Waals surface area (Å²) < 4.78 is 16.5. The fraction of sp³-hybridized carbons (Fsp3) is 0.455. The molecule has 2 aromatic carbocycles. The van der Waals surface area contributed by atoms with Crippen molar-refractivity contribution in [3.8, 4) is 17.2 Å². The molecule has 1 atom stereocenters. The average Bonchev–Trinajstić information content (AvgIpc) is 2.78. The Hall–Kier alpha value is -2.84. The number of non-ortho nitro benzene ring substituents is 1. The lowest BCUT2D eigenvalue weighted by Crippen LogP contribution is -2.46. The van der Waals surface area contributed by atoms with Gasteiger partial charge in [0.15, 0.2) is 11.5 Å². The van der Waals surface area contributed by atoms with Gasteiger partial charge >= 0.3 is 0 Å². The molecule has 162 valence electrons. The van der Waals surface area contributed by atoms with E-state index in [0.29, 0.717) is 17.2 Å². The molecule has 8 nitrogen and oxygen atoms in total. The highest BCUT2D eigenvalue weighted by Gasteiger charge is 2.25. The quantitative estimate of drug-likeness (QED) is 0.482. The zero-order valence-corrected chi connectivity index (χ0v) is 18.0. The second-order valence-electron chi connectivity index (χ2n) is 7.33. The predicted octanol–water partition coefficient (Wildman–Crippen LogP) is 3.50. The summed E-state index contributed by atoms with van der Waals surface area (Å²) in [6, 6.07) is 11.0. The summed E-state index contributed by atoms with van der Waals surface area (Å²) >= 11 is 0. The Morgan fingerprint density at radius 1 is 1.00 bits per heavy atom. The van der Waals surface area contributed by atoms with Gasteiger partial charge < -0.3 is 14.2 Å². The molecule has 0 aliphatic carbocycles. The lowest BCUT2D eigenvalue weighted by molar-refractivity contribution is -0.385. The van der Waals surface area contributed by atoms with E-state index in [4.69, 9.17) is 14.2 Å². The first kappa shape index (κ1) is 21.9. The molecular weight excluding hydrogens is 386 g/mol. The largest absolute Gasteiger partial charge is 0.493 e. The number of benzene rings is 2. The van der Waals surface area contributed by atoms with Crippen LogP contribution in [0.5, 0.6) is 17.2 Å². The second-order valence-corrected chi connectivity index (χ2v) is 7.33. The van der Waals surface area contributed by atoms with Gasteiger partial charge in [-0.2, -0.15) is 0 Å². The summed E-state index contributed by atoms with van der Waals surface area (Å²) in [5.41, 5.74) is 2.16. The number of nitro benzene ring substituents is 1. The van der Waals surface area contributed by atoms with Crippen LogP contribution >= 0.6 is 0 Å². The first-order chi connectivity index (χ1) is 14.5. The van der Waals surface area contributed by atoms with Crippen LogP contribution in [0.2, 0.25) is 0 Å². The van der Waals surface area contributed by atoms with Crippen molar-refractivity contribution in [2.75, 3.05) is 47.5 Å². The van der Waals surface area contributed by atoms with E-state index in [1.165, 1.54) is 6.07 Å². The first-order valence-electron chi connectivity index (χ1n) is 9.97. The summed E-state index contributed by atoms with van der Waals surface area (Å²) in [4.78, 5) is 15.5. The van der Waals surface area contributed by atoms with E-state index < -0.39 is 0 Å². The molecule has 1 aliphatic rings. The van der Waals surface area contributed by atoms with Crippen molar-refractivity contribution >= 4 is 5.69 Å². The minimum atomic E-state index is -0.343. The van der Waals surface area contributed by atoms with Gasteiger partial charge in [-0.15, -0.1) is 0 Å². The molecule has 30 heavy (non-hydrogen) atoms. The summed E-state index contributed by atoms with van der Waals surface area (Å²) in [7, 11) is 4.86. The van der Waals surface area contributed by atoms with Gasteiger partial charge in [0.25, 0.3) is 5.69 Å². The molecule has 0 spiro atoms. The number of methoxy groups -OCH3 is 3. The number of rotatable bonds is 8. The van der Waals surface area contributed by atoms with Crippen LogP contribution in [0.3, 0.4) is 0 Å². The Morgan fingerprint density at radius 3 is 2.30 bits per heavy atom. The lowest BCUT2D eigenvalue weighted by atomic mass is 10.0. The minimum absolute atomic E-state index is 0.127. The van der Waals surface area contributed by atoms with Crippen LogP contribution in [0.15, 0.2) is 36.4 Å². The first-order valence-corrected chi connectivity index (χ1v) is 9.97. The second kappa shape index (κ2) is 9.77. The monoisotopic (exact) mass is 415 g/mol. The number of nitrogens with zero attached hydrogens (tertiary/aromatic N) is 3. The fourth-order valence-corrected chi connectivity index (χ4v) is 3.95. The van der Waals surface area contributed by atoms with Crippen molar-refractivity contribution < 1.29 is 19.1 Å². The van der Waals surface area contributed by atoms with E-state index in [1.54, 1.807) is 33.5 Å². The molecule has 8 heteroatoms. The molecule has 1 heterocycles. The molecule has 0 radical (unpaired) electrons. The molecule has 3 rings (SSSR count). The number of hydrogen-bond donors (Lipinski definition) is 0. The number of piperazine rings is 1. The van der Waals surface area contributed by atoms with Crippen molar-refractivity contribution in [2.24, 2.45) is 0 Å². The third kappa shape index (κ3) is 4.66. The molecule has 0 amide bonds. The van der Waals surface area contributed by atoms with Gasteiger partial charge in [-0.1, -0.05) is 18.2 Å². The SMILES string of the molecule is COc1ccc(CN2CCN([C@H](C)c3cccc([N+](=O)[O-])c3)CC2)c(OC)c1OC. The van der Waals surface area contributed by atoms with E-state index in [1.807, 2.05) is 18.2 Å². The Labute approximate surface area is 177 Å². The predicted molar refractivity (Wildman–Crippen MR) is 114 cm³/mol. The van der Waals surface area contributed by atoms with Crippen molar-refractivity contribution in [2.45, 2.75) is 19.5 Å². The highest BCUT2D eigenvalue weighted by Crippen LogP contribution is 2.40. The lowest BCUT2D eigenvalue weighted by Gasteiger charge is -2.38. The van der Waals surface area contributed by atoms with Crippen LogP contribution in [0.25, 0.3) is 0 Å². The van der Waals surface area contributed by atoms with Gasteiger partial charge in [0.1, 0.15) is 0 Å². The highest BCUT2D eigenvalue weighted by atomic mass is 16.6. The van der Waals surface area contributed by atoms with Gasteiger partial charge in [0.2, 0.25) is 5.75 Å². The molecule has 0 unspecified atom stereocenters. The van der Waals surface area contributed by atoms with E-state index in [0.717, 1.165) is 43.9 Å². The standard InChI is InChI=1S/C22H29N3O5/c1-16(17-6-5-7-19(14-17)25(26)27)24-12-10-23(11-13-24)15-18-8-9-20(28-2)22(30-4)21(18)29-3/h5-9,14,16H,10-13,15H2,1-4H3/t16-/m1/s1. The van der Waals surface area contributed by atoms with E-state index >= 15 is 0 Å². The summed E-state index contributed by atoms with van der Waals surface area (Å²) in [5.74, 6) is 1.95. The number of nitro groups is 1. The van der Waals surface area contributed by atoms with Crippen molar-refractivity contribution in [1.82, 2.24) is 9.80 Å². The van der Waals surface area contributed by atoms with Crippen molar-refractivity contribution in [3.05, 3.63) is 57.6 Å². The van der Waals surface area contributed by atoms with Crippen LogP contribution in [0, 0.1) is 10.1 Å². The Balaban J connectivity index is 1.65. The fourth-order valence-electron chi connectivity index (χ4n) is 3.95. The molecule has 1 fully saturated rings. The Morgan fingerprint density at radius 2 is 1.70 bits per heavy atom. The summed E-state index contributed by atoms with van der Waals surface area (Å²) in [5, 5.41) is 11.1. The smallest absolute Gasteiger partial charge is 0.269 e. The molecule has 0 N–H and O–H groups in total. The maximum atomic E-state index is 11.1. The van der Waals surface area contributed by atoms with Gasteiger partial charge in [0.05, 0.1) is 26.3 Å². The molecule has 1 aliphatic heterocycles. The minimum Gasteiger partial charge on any atom is -0.493 e. The molecule has 1 saturated heterocycles. The van der Waals surface area contributed by atoms with Crippen LogP contribution in [-0.2, 0) is 6.54 Å². The highest BCUT2D eigenvalue weighted by molar-refractivity contribution is 5.55. The number of hydrogen-bond acceptors (Lipinski definition) is 7. The summed E-state index contributed by atoms with van der Waals surface area (Å²) in [6.07, 6.45) is 0. The normalized spacial score (nSPS) is 16.1. The van der Waals surface area contributed by atoms with E-state index in [-0.39, 0.29) is 16.7 Å². The van der Waals surface area contributed by atoms with E-state index in [9.17, 15) is 10.1 Å². The maximum Gasteiger partial charge on any atom is 0.269 e. The van der Waals surface area contributed by atoms with Crippen LogP contribution in [-0.4, -0.2) is 62.2 Å². The Kier molecular flexibility index (Phi) is 7.12. The van der Waals surface area contributed by atoms with Crippen molar-refractivity contribution in [3.63, 3.8) is 0 Å². The topological polar surface area (TPSA) is 77.3 Å². The number of ether oxygens (including phenoxy) is 3. The third-order valence-corrected chi connectivity index (χ3v) is 5.70. The summed E-state index contributed by atoms with van der Waals surface area (Å²) in [6.45, 7) is 6.43. The van der Waals surface area contributed by atoms with Crippen molar-refractivity contribution in [1.29, 1.82) is 0 Å². The molecule has 0 aromatic heterocycles. The van der Waals surface area contributed by atoms with E-state index in [2.05, 4.69) is 16.7 Å². The molecule has 0 bridgehead atoms. The third-order valence-electron chi connectivity index (χ3n) is 5.70. The molecule has 0 saturated carbocycles. The molecule has 2 aromatic rings. The van der Waals surface area contributed by atoms with Gasteiger partial charge in [0, 0.05) is 56.5 Å². The van der Waals surface area contributed by atoms with Crippen LogP contribution < -0.4 is 14.2 Å². The maximum absolute atomic E-state index is 11.1. The zero-order chi connectivity index (χ0) is 21.7. The van der Waals surface area contributed by atoms with Crippen LogP contribution in [0.1, 0.15) is 24.1 Å². The van der Waals surface area contributed by atoms with Gasteiger partial charge in [-0.05, 0) is 18.6 Å². The zero-order valence-electron chi connectivity index (χ0n) is 18.0. The van der Waals surface area contributed by atoms with Crippen LogP contribution in [0.4, 0.5) is 5.69 Å². The average molecular weight is 415 g/mol. The Bertz CT molecular complexity index is 881.